The molecule has 1 N–H and O–H groups in total. The Morgan fingerprint density at radius 3 is 2.48 bits per heavy atom. The minimum atomic E-state index is -0.570. The Kier molecular flexibility index (Phi) is 5.34. The zero-order valence-corrected chi connectivity index (χ0v) is 13.4. The van der Waals surface area contributed by atoms with Crippen molar-refractivity contribution in [1.29, 1.82) is 0 Å². The molecule has 2 aromatic rings. The lowest BCUT2D eigenvalue weighted by molar-refractivity contribution is 0.0653. The van der Waals surface area contributed by atoms with Crippen molar-refractivity contribution < 1.29 is 19.0 Å². The van der Waals surface area contributed by atoms with Crippen LogP contribution < -0.4 is 4.74 Å². The number of aliphatic hydroxyl groups excluding tert-OH is 1. The Labute approximate surface area is 135 Å². The Morgan fingerprint density at radius 2 is 1.91 bits per heavy atom. The number of carbonyl (C=O) groups is 1. The maximum absolute atomic E-state index is 13.9. The van der Waals surface area contributed by atoms with E-state index in [2.05, 4.69) is 0 Å². The first-order valence-electron chi connectivity index (χ1n) is 7.26. The van der Waals surface area contributed by atoms with E-state index >= 15 is 0 Å². The molecule has 0 aliphatic carbocycles. The SMILES string of the molecule is COc1ccc(C(CO)N(C)C(=O)c2cc(C)ccc2F)cc1. The molecular weight excluding hydrogens is 297 g/mol. The second kappa shape index (κ2) is 7.24. The van der Waals surface area contributed by atoms with Gasteiger partial charge < -0.3 is 14.7 Å². The Bertz CT molecular complexity index is 685. The van der Waals surface area contributed by atoms with Crippen molar-refractivity contribution in [2.45, 2.75) is 13.0 Å². The minimum Gasteiger partial charge on any atom is -0.497 e. The molecule has 2 rings (SSSR count). The van der Waals surface area contributed by atoms with Crippen molar-refractivity contribution in [2.75, 3.05) is 20.8 Å². The molecule has 0 radical (unpaired) electrons. The van der Waals surface area contributed by atoms with Gasteiger partial charge in [-0.25, -0.2) is 4.39 Å². The molecule has 0 fully saturated rings. The molecule has 2 aromatic carbocycles. The van der Waals surface area contributed by atoms with Crippen molar-refractivity contribution in [3.63, 3.8) is 0 Å². The topological polar surface area (TPSA) is 49.8 Å². The lowest BCUT2D eigenvalue weighted by Gasteiger charge is -2.27. The molecule has 1 amide bonds. The first-order chi connectivity index (χ1) is 11.0. The monoisotopic (exact) mass is 317 g/mol. The summed E-state index contributed by atoms with van der Waals surface area (Å²) in [5.74, 6) is -0.357. The highest BCUT2D eigenvalue weighted by Crippen LogP contribution is 2.24. The summed E-state index contributed by atoms with van der Waals surface area (Å²) in [6.45, 7) is 1.53. The Hall–Kier alpha value is -2.40. The van der Waals surface area contributed by atoms with Gasteiger partial charge in [0.15, 0.2) is 0 Å². The predicted molar refractivity (Wildman–Crippen MR) is 86.1 cm³/mol. The van der Waals surface area contributed by atoms with Crippen molar-refractivity contribution in [2.24, 2.45) is 0 Å². The van der Waals surface area contributed by atoms with E-state index in [9.17, 15) is 14.3 Å². The molecule has 23 heavy (non-hydrogen) atoms. The molecule has 122 valence electrons. The molecule has 1 atom stereocenters. The summed E-state index contributed by atoms with van der Waals surface area (Å²) in [7, 11) is 3.12. The van der Waals surface area contributed by atoms with E-state index in [4.69, 9.17) is 4.74 Å². The van der Waals surface area contributed by atoms with Gasteiger partial charge in [0.05, 0.1) is 25.3 Å². The number of hydrogen-bond acceptors (Lipinski definition) is 3. The highest BCUT2D eigenvalue weighted by atomic mass is 19.1. The van der Waals surface area contributed by atoms with Crippen LogP contribution in [0, 0.1) is 12.7 Å². The van der Waals surface area contributed by atoms with Gasteiger partial charge in [0, 0.05) is 7.05 Å². The third-order valence-electron chi connectivity index (χ3n) is 3.81. The summed E-state index contributed by atoms with van der Waals surface area (Å²) in [5.41, 5.74) is 1.55. The van der Waals surface area contributed by atoms with Crippen LogP contribution in [0.2, 0.25) is 0 Å². The van der Waals surface area contributed by atoms with E-state index < -0.39 is 17.8 Å². The van der Waals surface area contributed by atoms with Gasteiger partial charge in [0.2, 0.25) is 0 Å². The quantitative estimate of drug-likeness (QED) is 0.922. The van der Waals surface area contributed by atoms with Gasteiger partial charge in [-0.15, -0.1) is 0 Å². The number of likely N-dealkylation sites (N-methyl/N-ethyl adjacent to an activating group) is 1. The number of carbonyl (C=O) groups excluding carboxylic acids is 1. The second-order valence-corrected chi connectivity index (χ2v) is 5.37. The molecule has 0 aliphatic rings. The van der Waals surface area contributed by atoms with Gasteiger partial charge in [0.25, 0.3) is 5.91 Å². The molecule has 0 saturated carbocycles. The van der Waals surface area contributed by atoms with Crippen molar-refractivity contribution in [3.05, 3.63) is 65.0 Å². The van der Waals surface area contributed by atoms with Gasteiger partial charge in [-0.2, -0.15) is 0 Å². The number of rotatable bonds is 5. The van der Waals surface area contributed by atoms with Crippen LogP contribution in [-0.4, -0.2) is 36.7 Å². The number of halogens is 1. The zero-order valence-electron chi connectivity index (χ0n) is 13.4. The fourth-order valence-electron chi connectivity index (χ4n) is 2.41. The average molecular weight is 317 g/mol. The smallest absolute Gasteiger partial charge is 0.257 e. The van der Waals surface area contributed by atoms with E-state index in [0.29, 0.717) is 5.75 Å². The summed E-state index contributed by atoms with van der Waals surface area (Å²) >= 11 is 0. The van der Waals surface area contributed by atoms with Crippen molar-refractivity contribution >= 4 is 5.91 Å². The number of benzene rings is 2. The first-order valence-corrected chi connectivity index (χ1v) is 7.26. The number of amides is 1. The molecule has 0 bridgehead atoms. The van der Waals surface area contributed by atoms with Crippen LogP contribution in [0.4, 0.5) is 4.39 Å². The molecule has 4 nitrogen and oxygen atoms in total. The lowest BCUT2D eigenvalue weighted by atomic mass is 10.0. The standard InChI is InChI=1S/C18H20FNO3/c1-12-4-9-16(19)15(10-12)18(22)20(2)17(11-21)13-5-7-14(23-3)8-6-13/h4-10,17,21H,11H2,1-3H3. The van der Waals surface area contributed by atoms with Crippen LogP contribution >= 0.6 is 0 Å². The van der Waals surface area contributed by atoms with Gasteiger partial charge >= 0.3 is 0 Å². The van der Waals surface area contributed by atoms with E-state index in [0.717, 1.165) is 11.1 Å². The third kappa shape index (κ3) is 3.68. The normalized spacial score (nSPS) is 11.9. The maximum atomic E-state index is 13.9. The molecule has 0 saturated heterocycles. The summed E-state index contributed by atoms with van der Waals surface area (Å²) in [5, 5.41) is 9.68. The number of methoxy groups -OCH3 is 1. The molecule has 0 heterocycles. The number of aryl methyl sites for hydroxylation is 1. The third-order valence-corrected chi connectivity index (χ3v) is 3.81. The first kappa shape index (κ1) is 17.0. The fraction of sp³-hybridized carbons (Fsp3) is 0.278. The molecule has 5 heteroatoms. The highest BCUT2D eigenvalue weighted by Gasteiger charge is 2.24. The number of ether oxygens (including phenoxy) is 1. The Balaban J connectivity index is 2.29. The zero-order chi connectivity index (χ0) is 17.0. The van der Waals surface area contributed by atoms with Crippen LogP contribution in [0.5, 0.6) is 5.75 Å². The highest BCUT2D eigenvalue weighted by molar-refractivity contribution is 5.94. The van der Waals surface area contributed by atoms with Crippen LogP contribution in [-0.2, 0) is 0 Å². The van der Waals surface area contributed by atoms with Crippen LogP contribution in [0.25, 0.3) is 0 Å². The summed E-state index contributed by atoms with van der Waals surface area (Å²) < 4.78 is 19.0. The molecule has 0 aromatic heterocycles. The minimum absolute atomic E-state index is 0.000498. The number of hydrogen-bond donors (Lipinski definition) is 1. The average Bonchev–Trinajstić information content (AvgIpc) is 2.57. The van der Waals surface area contributed by atoms with Crippen molar-refractivity contribution in [1.82, 2.24) is 4.90 Å². The summed E-state index contributed by atoms with van der Waals surface area (Å²) in [6, 6.07) is 10.9. The summed E-state index contributed by atoms with van der Waals surface area (Å²) in [4.78, 5) is 13.9. The molecule has 0 aliphatic heterocycles. The van der Waals surface area contributed by atoms with Crippen molar-refractivity contribution in [3.8, 4) is 5.75 Å². The number of nitrogens with zero attached hydrogens (tertiary/aromatic N) is 1. The Morgan fingerprint density at radius 1 is 1.26 bits per heavy atom. The largest absolute Gasteiger partial charge is 0.497 e. The molecule has 1 unspecified atom stereocenters. The maximum Gasteiger partial charge on any atom is 0.257 e. The van der Waals surface area contributed by atoms with Crippen LogP contribution in [0.15, 0.2) is 42.5 Å². The van der Waals surface area contributed by atoms with E-state index in [1.165, 1.54) is 17.0 Å². The lowest BCUT2D eigenvalue weighted by Crippen LogP contribution is -2.33. The van der Waals surface area contributed by atoms with Gasteiger partial charge in [-0.3, -0.25) is 4.79 Å². The van der Waals surface area contributed by atoms with E-state index in [-0.39, 0.29) is 12.2 Å². The van der Waals surface area contributed by atoms with E-state index in [1.807, 2.05) is 0 Å². The second-order valence-electron chi connectivity index (χ2n) is 5.37. The van der Waals surface area contributed by atoms with E-state index in [1.54, 1.807) is 51.4 Å². The predicted octanol–water partition coefficient (Wildman–Crippen LogP) is 2.95. The van der Waals surface area contributed by atoms with Gasteiger partial charge in [-0.05, 0) is 36.8 Å². The van der Waals surface area contributed by atoms with Crippen LogP contribution in [0.1, 0.15) is 27.5 Å². The molecular formula is C18H20FNO3. The van der Waals surface area contributed by atoms with Gasteiger partial charge in [-0.1, -0.05) is 23.8 Å². The van der Waals surface area contributed by atoms with Gasteiger partial charge in [0.1, 0.15) is 11.6 Å². The fourth-order valence-corrected chi connectivity index (χ4v) is 2.41. The summed E-state index contributed by atoms with van der Waals surface area (Å²) in [6.07, 6.45) is 0. The van der Waals surface area contributed by atoms with Crippen LogP contribution in [0.3, 0.4) is 0 Å². The number of aliphatic hydroxyl groups is 1. The molecule has 0 spiro atoms.